The third kappa shape index (κ3) is 2.75. The number of rotatable bonds is 3. The van der Waals surface area contributed by atoms with Gasteiger partial charge in [-0.1, -0.05) is 66.2 Å². The zero-order valence-electron chi connectivity index (χ0n) is 15.4. The number of fused-ring (bicyclic) bond motifs is 1. The van der Waals surface area contributed by atoms with E-state index < -0.39 is 5.60 Å². The molecule has 0 amide bonds. The topological polar surface area (TPSA) is 26.3 Å². The second-order valence-electron chi connectivity index (χ2n) is 7.59. The Kier molecular flexibility index (Phi) is 4.16. The number of allylic oxidation sites excluding steroid dienone is 1. The first-order valence-corrected chi connectivity index (χ1v) is 9.18. The van der Waals surface area contributed by atoms with Gasteiger partial charge < -0.3 is 4.74 Å². The van der Waals surface area contributed by atoms with Crippen molar-refractivity contribution in [2.75, 3.05) is 6.61 Å². The summed E-state index contributed by atoms with van der Waals surface area (Å²) in [5.41, 5.74) is 5.28. The highest BCUT2D eigenvalue weighted by Gasteiger charge is 2.52. The second-order valence-corrected chi connectivity index (χ2v) is 7.59. The zero-order valence-corrected chi connectivity index (χ0v) is 15.4. The first-order valence-electron chi connectivity index (χ1n) is 9.18. The molecule has 2 aromatic carbocycles. The van der Waals surface area contributed by atoms with Gasteiger partial charge in [-0.3, -0.25) is 4.79 Å². The van der Waals surface area contributed by atoms with E-state index in [1.54, 1.807) is 6.08 Å². The van der Waals surface area contributed by atoms with Crippen LogP contribution in [0.1, 0.15) is 28.7 Å². The van der Waals surface area contributed by atoms with Gasteiger partial charge in [0.2, 0.25) is 0 Å². The highest BCUT2D eigenvalue weighted by molar-refractivity contribution is 5.91. The summed E-state index contributed by atoms with van der Waals surface area (Å²) in [7, 11) is 0. The molecule has 1 aliphatic heterocycles. The van der Waals surface area contributed by atoms with Crippen molar-refractivity contribution in [2.24, 2.45) is 11.8 Å². The van der Waals surface area contributed by atoms with E-state index in [1.165, 1.54) is 11.1 Å². The van der Waals surface area contributed by atoms with Gasteiger partial charge in [0, 0.05) is 18.3 Å². The second kappa shape index (κ2) is 6.37. The largest absolute Gasteiger partial charge is 0.365 e. The van der Waals surface area contributed by atoms with Crippen molar-refractivity contribution in [3.63, 3.8) is 0 Å². The van der Waals surface area contributed by atoms with E-state index >= 15 is 0 Å². The summed E-state index contributed by atoms with van der Waals surface area (Å²) < 4.78 is 6.39. The number of aryl methyl sites for hydroxylation is 2. The van der Waals surface area contributed by atoms with Crippen LogP contribution in [0.5, 0.6) is 0 Å². The molecule has 26 heavy (non-hydrogen) atoms. The summed E-state index contributed by atoms with van der Waals surface area (Å²) in [6.07, 6.45) is 4.15. The highest BCUT2D eigenvalue weighted by atomic mass is 16.5. The average molecular weight is 344 g/mol. The molecule has 132 valence electrons. The third-order valence-corrected chi connectivity index (χ3v) is 5.74. The number of carbonyl (C=O) groups is 1. The molecule has 4 rings (SSSR count). The van der Waals surface area contributed by atoms with E-state index in [0.29, 0.717) is 13.0 Å². The molecule has 0 spiro atoms. The first kappa shape index (κ1) is 17.0. The fourth-order valence-corrected chi connectivity index (χ4v) is 4.53. The Balaban J connectivity index is 1.75. The maximum Gasteiger partial charge on any atom is 0.155 e. The standard InChI is InChI=1S/C24H24O2/c1-16-11-17(2)13-19(12-16)18(3)22-15-26-24(20-7-5-4-6-8-20)10-9-21(25)14-23(22)24/h4-13,22-23H,3,14-15H2,1-2H3. The monoisotopic (exact) mass is 344 g/mol. The van der Waals surface area contributed by atoms with Crippen LogP contribution in [0.4, 0.5) is 0 Å². The lowest BCUT2D eigenvalue weighted by molar-refractivity contribution is -0.118. The number of ether oxygens (including phenoxy) is 1. The lowest BCUT2D eigenvalue weighted by Crippen LogP contribution is -2.36. The maximum atomic E-state index is 12.2. The van der Waals surface area contributed by atoms with E-state index in [9.17, 15) is 4.79 Å². The van der Waals surface area contributed by atoms with Crippen LogP contribution in [0.3, 0.4) is 0 Å². The number of carbonyl (C=O) groups excluding carboxylic acids is 1. The van der Waals surface area contributed by atoms with Crippen LogP contribution >= 0.6 is 0 Å². The Hall–Kier alpha value is -2.45. The molecule has 1 heterocycles. The number of hydrogen-bond donors (Lipinski definition) is 0. The molecule has 2 nitrogen and oxygen atoms in total. The smallest absolute Gasteiger partial charge is 0.155 e. The average Bonchev–Trinajstić information content (AvgIpc) is 3.01. The van der Waals surface area contributed by atoms with Gasteiger partial charge in [-0.2, -0.15) is 0 Å². The molecule has 0 radical (unpaired) electrons. The molecule has 2 aromatic rings. The molecule has 2 aliphatic rings. The summed E-state index contributed by atoms with van der Waals surface area (Å²) in [6.45, 7) is 9.22. The number of hydrogen-bond acceptors (Lipinski definition) is 2. The predicted molar refractivity (Wildman–Crippen MR) is 105 cm³/mol. The Morgan fingerprint density at radius 3 is 2.50 bits per heavy atom. The van der Waals surface area contributed by atoms with Crippen LogP contribution in [-0.4, -0.2) is 12.4 Å². The van der Waals surface area contributed by atoms with Crippen LogP contribution in [-0.2, 0) is 15.1 Å². The minimum atomic E-state index is -0.526. The minimum Gasteiger partial charge on any atom is -0.365 e. The van der Waals surface area contributed by atoms with Crippen LogP contribution in [0.25, 0.3) is 5.57 Å². The Morgan fingerprint density at radius 2 is 1.81 bits per heavy atom. The summed E-state index contributed by atoms with van der Waals surface area (Å²) in [4.78, 5) is 12.2. The van der Waals surface area contributed by atoms with Crippen molar-refractivity contribution >= 4 is 11.4 Å². The van der Waals surface area contributed by atoms with Crippen LogP contribution < -0.4 is 0 Å². The van der Waals surface area contributed by atoms with E-state index in [2.05, 4.69) is 50.8 Å². The van der Waals surface area contributed by atoms with Crippen LogP contribution in [0.15, 0.2) is 67.3 Å². The Bertz CT molecular complexity index is 873. The molecule has 3 unspecified atom stereocenters. The zero-order chi connectivity index (χ0) is 18.3. The normalized spacial score (nSPS) is 27.4. The van der Waals surface area contributed by atoms with Crippen molar-refractivity contribution in [3.8, 4) is 0 Å². The predicted octanol–water partition coefficient (Wildman–Crippen LogP) is 5.00. The fourth-order valence-electron chi connectivity index (χ4n) is 4.53. The van der Waals surface area contributed by atoms with Crippen molar-refractivity contribution in [1.82, 2.24) is 0 Å². The van der Waals surface area contributed by atoms with Crippen molar-refractivity contribution in [3.05, 3.63) is 89.5 Å². The molecular formula is C24H24O2. The highest BCUT2D eigenvalue weighted by Crippen LogP contribution is 2.52. The molecule has 0 bridgehead atoms. The van der Waals surface area contributed by atoms with Crippen molar-refractivity contribution in [1.29, 1.82) is 0 Å². The SMILES string of the molecule is C=C(c1cc(C)cc(C)c1)C1COC2(c3ccccc3)C=CC(=O)CC12. The van der Waals surface area contributed by atoms with Gasteiger partial charge in [0.25, 0.3) is 0 Å². The molecule has 3 atom stereocenters. The molecule has 2 heteroatoms. The van der Waals surface area contributed by atoms with E-state index in [-0.39, 0.29) is 17.6 Å². The van der Waals surface area contributed by atoms with E-state index in [1.807, 2.05) is 24.3 Å². The summed E-state index contributed by atoms with van der Waals surface area (Å²) in [5, 5.41) is 0. The Morgan fingerprint density at radius 1 is 1.12 bits per heavy atom. The Labute approximate surface area is 155 Å². The first-order chi connectivity index (χ1) is 12.5. The molecule has 1 aliphatic carbocycles. The fraction of sp³-hybridized carbons (Fsp3) is 0.292. The molecule has 0 saturated carbocycles. The molecule has 1 saturated heterocycles. The quantitative estimate of drug-likeness (QED) is 0.783. The number of benzene rings is 2. The van der Waals surface area contributed by atoms with Crippen LogP contribution in [0, 0.1) is 25.7 Å². The van der Waals surface area contributed by atoms with Crippen LogP contribution in [0.2, 0.25) is 0 Å². The van der Waals surface area contributed by atoms with E-state index in [4.69, 9.17) is 4.74 Å². The summed E-state index contributed by atoms with van der Waals surface area (Å²) in [6, 6.07) is 16.8. The summed E-state index contributed by atoms with van der Waals surface area (Å²) in [5.74, 6) is 0.381. The molecule has 1 fully saturated rings. The van der Waals surface area contributed by atoms with Gasteiger partial charge in [0.1, 0.15) is 5.60 Å². The molecule has 0 aromatic heterocycles. The maximum absolute atomic E-state index is 12.2. The van der Waals surface area contributed by atoms with Gasteiger partial charge in [-0.25, -0.2) is 0 Å². The van der Waals surface area contributed by atoms with Crippen molar-refractivity contribution in [2.45, 2.75) is 25.9 Å². The number of ketones is 1. The molecule has 0 N–H and O–H groups in total. The summed E-state index contributed by atoms with van der Waals surface area (Å²) >= 11 is 0. The lowest BCUT2D eigenvalue weighted by Gasteiger charge is -2.36. The van der Waals surface area contributed by atoms with Gasteiger partial charge >= 0.3 is 0 Å². The lowest BCUT2D eigenvalue weighted by atomic mass is 9.69. The van der Waals surface area contributed by atoms with Gasteiger partial charge in [0.05, 0.1) is 6.61 Å². The van der Waals surface area contributed by atoms with E-state index in [0.717, 1.165) is 16.7 Å². The third-order valence-electron chi connectivity index (χ3n) is 5.74. The van der Waals surface area contributed by atoms with Gasteiger partial charge in [0.15, 0.2) is 5.78 Å². The minimum absolute atomic E-state index is 0.0794. The van der Waals surface area contributed by atoms with Gasteiger partial charge in [-0.05, 0) is 42.7 Å². The molecular weight excluding hydrogens is 320 g/mol. The van der Waals surface area contributed by atoms with Crippen molar-refractivity contribution < 1.29 is 9.53 Å². The van der Waals surface area contributed by atoms with Gasteiger partial charge in [-0.15, -0.1) is 0 Å².